The van der Waals surface area contributed by atoms with Crippen LogP contribution in [0.25, 0.3) is 0 Å². The Morgan fingerprint density at radius 3 is 2.81 bits per heavy atom. The summed E-state index contributed by atoms with van der Waals surface area (Å²) < 4.78 is 5.53. The highest BCUT2D eigenvalue weighted by atomic mass is 16.5. The van der Waals surface area contributed by atoms with Crippen LogP contribution in [0, 0.1) is 6.92 Å². The van der Waals surface area contributed by atoms with Crippen LogP contribution in [0.3, 0.4) is 0 Å². The number of carbonyl (C=O) groups excluding carboxylic acids is 1. The highest BCUT2D eigenvalue weighted by Gasteiger charge is 1.99. The molecule has 1 aromatic rings. The molecule has 2 N–H and O–H groups in total. The average Bonchev–Trinajstić information content (AvgIpc) is 2.27. The molecule has 0 saturated carbocycles. The molecular weight excluding hydrogens is 204 g/mol. The molecule has 1 amide bonds. The van der Waals surface area contributed by atoms with Crippen LogP contribution in [0.4, 0.5) is 0 Å². The van der Waals surface area contributed by atoms with Crippen molar-refractivity contribution in [1.82, 2.24) is 10.6 Å². The van der Waals surface area contributed by atoms with Gasteiger partial charge in [-0.25, -0.2) is 0 Å². The molecule has 0 atom stereocenters. The van der Waals surface area contributed by atoms with Crippen LogP contribution in [0.2, 0.25) is 0 Å². The molecule has 0 bridgehead atoms. The summed E-state index contributed by atoms with van der Waals surface area (Å²) in [7, 11) is 1.74. The van der Waals surface area contributed by atoms with Crippen LogP contribution in [-0.2, 0) is 4.79 Å². The number of carbonyl (C=O) groups is 1. The van der Waals surface area contributed by atoms with Gasteiger partial charge in [-0.15, -0.1) is 0 Å². The monoisotopic (exact) mass is 222 g/mol. The second kappa shape index (κ2) is 6.85. The first-order chi connectivity index (χ1) is 7.74. The third-order valence-corrected chi connectivity index (χ3v) is 2.11. The molecule has 0 radical (unpaired) electrons. The number of hydrogen-bond acceptors (Lipinski definition) is 3. The molecule has 0 aliphatic rings. The van der Waals surface area contributed by atoms with Crippen LogP contribution in [0.5, 0.6) is 5.75 Å². The summed E-state index contributed by atoms with van der Waals surface area (Å²) in [6.07, 6.45) is 0. The summed E-state index contributed by atoms with van der Waals surface area (Å²) in [5, 5.41) is 5.53. The van der Waals surface area contributed by atoms with E-state index in [0.29, 0.717) is 19.7 Å². The largest absolute Gasteiger partial charge is 0.491 e. The van der Waals surface area contributed by atoms with E-state index < -0.39 is 0 Å². The normalized spacial score (nSPS) is 9.88. The second-order valence-electron chi connectivity index (χ2n) is 3.49. The molecule has 4 nitrogen and oxygen atoms in total. The minimum atomic E-state index is -0.0177. The fourth-order valence-electron chi connectivity index (χ4n) is 1.29. The van der Waals surface area contributed by atoms with Crippen LogP contribution in [0.1, 0.15) is 5.56 Å². The first-order valence-electron chi connectivity index (χ1n) is 5.33. The number of hydrogen-bond donors (Lipinski definition) is 2. The highest BCUT2D eigenvalue weighted by Crippen LogP contribution is 2.15. The van der Waals surface area contributed by atoms with Gasteiger partial charge in [-0.2, -0.15) is 0 Å². The predicted molar refractivity (Wildman–Crippen MR) is 63.6 cm³/mol. The summed E-state index contributed by atoms with van der Waals surface area (Å²) in [6, 6.07) is 7.82. The molecule has 1 rings (SSSR count). The van der Waals surface area contributed by atoms with E-state index in [4.69, 9.17) is 4.74 Å². The van der Waals surface area contributed by atoms with Gasteiger partial charge in [0.1, 0.15) is 12.4 Å². The number of ether oxygens (including phenoxy) is 1. The second-order valence-corrected chi connectivity index (χ2v) is 3.49. The lowest BCUT2D eigenvalue weighted by Crippen LogP contribution is -2.34. The van der Waals surface area contributed by atoms with Gasteiger partial charge in [-0.3, -0.25) is 4.79 Å². The van der Waals surface area contributed by atoms with E-state index >= 15 is 0 Å². The van der Waals surface area contributed by atoms with Gasteiger partial charge in [-0.05, 0) is 25.6 Å². The molecule has 0 unspecified atom stereocenters. The Kier molecular flexibility index (Phi) is 5.36. The summed E-state index contributed by atoms with van der Waals surface area (Å²) >= 11 is 0. The van der Waals surface area contributed by atoms with Gasteiger partial charge >= 0.3 is 0 Å². The number of amides is 1. The van der Waals surface area contributed by atoms with Crippen molar-refractivity contribution in [1.29, 1.82) is 0 Å². The van der Waals surface area contributed by atoms with Crippen LogP contribution in [0.15, 0.2) is 24.3 Å². The fourth-order valence-corrected chi connectivity index (χ4v) is 1.29. The molecule has 4 heteroatoms. The van der Waals surface area contributed by atoms with Gasteiger partial charge in [0.2, 0.25) is 5.91 Å². The topological polar surface area (TPSA) is 50.4 Å². The minimum Gasteiger partial charge on any atom is -0.491 e. The van der Waals surface area contributed by atoms with E-state index in [9.17, 15) is 4.79 Å². The van der Waals surface area contributed by atoms with Crippen molar-refractivity contribution in [2.75, 3.05) is 26.7 Å². The van der Waals surface area contributed by atoms with E-state index in [2.05, 4.69) is 10.6 Å². The quantitative estimate of drug-likeness (QED) is 0.697. The van der Waals surface area contributed by atoms with E-state index in [1.165, 1.54) is 0 Å². The summed E-state index contributed by atoms with van der Waals surface area (Å²) in [6.45, 7) is 3.34. The van der Waals surface area contributed by atoms with Crippen molar-refractivity contribution in [2.45, 2.75) is 6.92 Å². The van der Waals surface area contributed by atoms with Crippen LogP contribution < -0.4 is 15.4 Å². The first kappa shape index (κ1) is 12.5. The molecule has 16 heavy (non-hydrogen) atoms. The standard InChI is InChI=1S/C12H18N2O2/c1-10-5-3-4-6-11(10)16-8-7-14-12(15)9-13-2/h3-6,13H,7-9H2,1-2H3,(H,14,15). The third-order valence-electron chi connectivity index (χ3n) is 2.11. The van der Waals surface area contributed by atoms with E-state index in [1.54, 1.807) is 7.05 Å². The first-order valence-corrected chi connectivity index (χ1v) is 5.33. The van der Waals surface area contributed by atoms with Gasteiger partial charge in [0.15, 0.2) is 0 Å². The Morgan fingerprint density at radius 1 is 1.38 bits per heavy atom. The van der Waals surface area contributed by atoms with Gasteiger partial charge in [0.05, 0.1) is 13.1 Å². The Morgan fingerprint density at radius 2 is 2.12 bits per heavy atom. The number of nitrogens with one attached hydrogen (secondary N) is 2. The third kappa shape index (κ3) is 4.31. The van der Waals surface area contributed by atoms with Gasteiger partial charge in [0.25, 0.3) is 0 Å². The predicted octanol–water partition coefficient (Wildman–Crippen LogP) is 0.709. The van der Waals surface area contributed by atoms with Gasteiger partial charge < -0.3 is 15.4 Å². The van der Waals surface area contributed by atoms with E-state index in [1.807, 2.05) is 31.2 Å². The minimum absolute atomic E-state index is 0.0177. The van der Waals surface area contributed by atoms with Crippen molar-refractivity contribution < 1.29 is 9.53 Å². The fraction of sp³-hybridized carbons (Fsp3) is 0.417. The number of aryl methyl sites for hydroxylation is 1. The molecule has 1 aromatic carbocycles. The maximum absolute atomic E-state index is 11.1. The lowest BCUT2D eigenvalue weighted by Gasteiger charge is -2.09. The van der Waals surface area contributed by atoms with Crippen molar-refractivity contribution in [3.63, 3.8) is 0 Å². The Balaban J connectivity index is 2.21. The van der Waals surface area contributed by atoms with Gasteiger partial charge in [0, 0.05) is 0 Å². The molecule has 0 aromatic heterocycles. The lowest BCUT2D eigenvalue weighted by molar-refractivity contribution is -0.120. The van der Waals surface area contributed by atoms with Crippen molar-refractivity contribution in [2.24, 2.45) is 0 Å². The zero-order valence-corrected chi connectivity index (χ0v) is 9.75. The summed E-state index contributed by atoms with van der Waals surface area (Å²) in [4.78, 5) is 11.1. The smallest absolute Gasteiger partial charge is 0.234 e. The maximum Gasteiger partial charge on any atom is 0.234 e. The Labute approximate surface area is 96.0 Å². The molecule has 0 fully saturated rings. The molecule has 0 saturated heterocycles. The lowest BCUT2D eigenvalue weighted by atomic mass is 10.2. The molecule has 0 aliphatic heterocycles. The number of para-hydroxylation sites is 1. The summed E-state index contributed by atoms with van der Waals surface area (Å²) in [5.74, 6) is 0.848. The van der Waals surface area contributed by atoms with Gasteiger partial charge in [-0.1, -0.05) is 18.2 Å². The highest BCUT2D eigenvalue weighted by molar-refractivity contribution is 5.77. The number of likely N-dealkylation sites (N-methyl/N-ethyl adjacent to an activating group) is 1. The Hall–Kier alpha value is -1.55. The van der Waals surface area contributed by atoms with Crippen molar-refractivity contribution in [3.8, 4) is 5.75 Å². The summed E-state index contributed by atoms with van der Waals surface area (Å²) in [5.41, 5.74) is 1.10. The molecular formula is C12H18N2O2. The maximum atomic E-state index is 11.1. The zero-order valence-electron chi connectivity index (χ0n) is 9.75. The number of rotatable bonds is 6. The Bertz CT molecular complexity index is 340. The van der Waals surface area contributed by atoms with Crippen molar-refractivity contribution in [3.05, 3.63) is 29.8 Å². The van der Waals surface area contributed by atoms with E-state index in [0.717, 1.165) is 11.3 Å². The molecule has 0 aliphatic carbocycles. The van der Waals surface area contributed by atoms with E-state index in [-0.39, 0.29) is 5.91 Å². The molecule has 0 heterocycles. The zero-order chi connectivity index (χ0) is 11.8. The van der Waals surface area contributed by atoms with Crippen molar-refractivity contribution >= 4 is 5.91 Å². The van der Waals surface area contributed by atoms with Crippen LogP contribution in [-0.4, -0.2) is 32.7 Å². The van der Waals surface area contributed by atoms with Crippen LogP contribution >= 0.6 is 0 Å². The molecule has 88 valence electrons. The molecule has 0 spiro atoms. The number of benzene rings is 1. The SMILES string of the molecule is CNCC(=O)NCCOc1ccccc1C. The average molecular weight is 222 g/mol.